The van der Waals surface area contributed by atoms with Crippen LogP contribution < -0.4 is 9.64 Å². The van der Waals surface area contributed by atoms with Crippen LogP contribution in [0, 0.1) is 5.92 Å². The molecule has 1 aromatic heterocycles. The highest BCUT2D eigenvalue weighted by Gasteiger charge is 2.26. The molecule has 104 valence electrons. The normalized spacial score (nSPS) is 16.2. The van der Waals surface area contributed by atoms with Crippen molar-refractivity contribution in [1.29, 1.82) is 0 Å². The average Bonchev–Trinajstić information content (AvgIpc) is 2.48. The van der Waals surface area contributed by atoms with Crippen molar-refractivity contribution in [3.05, 3.63) is 12.4 Å². The number of piperidine rings is 1. The molecule has 1 aromatic rings. The Morgan fingerprint density at radius 1 is 1.42 bits per heavy atom. The SMILES string of the molecule is CCOC(=O)C1CCN(c2cncc(OC)n2)CC1. The zero-order valence-corrected chi connectivity index (χ0v) is 11.3. The first-order valence-electron chi connectivity index (χ1n) is 6.52. The van der Waals surface area contributed by atoms with Gasteiger partial charge in [-0.1, -0.05) is 0 Å². The Morgan fingerprint density at radius 2 is 2.16 bits per heavy atom. The standard InChI is InChI=1S/C13H19N3O3/c1-3-19-13(17)10-4-6-16(7-5-10)11-8-14-9-12(15-11)18-2/h8-10H,3-7H2,1-2H3. The van der Waals surface area contributed by atoms with Crippen molar-refractivity contribution in [3.8, 4) is 5.88 Å². The minimum absolute atomic E-state index is 0.00904. The van der Waals surface area contributed by atoms with Crippen LogP contribution in [0.15, 0.2) is 12.4 Å². The number of esters is 1. The van der Waals surface area contributed by atoms with Crippen molar-refractivity contribution in [2.24, 2.45) is 5.92 Å². The van der Waals surface area contributed by atoms with Gasteiger partial charge in [0.1, 0.15) is 0 Å². The summed E-state index contributed by atoms with van der Waals surface area (Å²) in [6.45, 7) is 3.84. The summed E-state index contributed by atoms with van der Waals surface area (Å²) in [4.78, 5) is 22.2. The highest BCUT2D eigenvalue weighted by atomic mass is 16.5. The number of carbonyl (C=O) groups excluding carboxylic acids is 1. The molecule has 19 heavy (non-hydrogen) atoms. The fourth-order valence-electron chi connectivity index (χ4n) is 2.19. The monoisotopic (exact) mass is 265 g/mol. The average molecular weight is 265 g/mol. The van der Waals surface area contributed by atoms with Crippen molar-refractivity contribution in [1.82, 2.24) is 9.97 Å². The van der Waals surface area contributed by atoms with Gasteiger partial charge in [0.25, 0.3) is 0 Å². The van der Waals surface area contributed by atoms with Gasteiger partial charge in [0.2, 0.25) is 5.88 Å². The predicted octanol–water partition coefficient (Wildman–Crippen LogP) is 1.26. The molecule has 0 N–H and O–H groups in total. The molecule has 0 saturated carbocycles. The number of hydrogen-bond acceptors (Lipinski definition) is 6. The minimum Gasteiger partial charge on any atom is -0.480 e. The van der Waals surface area contributed by atoms with Gasteiger partial charge in [0.05, 0.1) is 32.0 Å². The Labute approximate surface area is 112 Å². The molecule has 0 radical (unpaired) electrons. The van der Waals surface area contributed by atoms with Gasteiger partial charge in [-0.25, -0.2) is 0 Å². The number of rotatable bonds is 4. The van der Waals surface area contributed by atoms with Gasteiger partial charge >= 0.3 is 5.97 Å². The third-order valence-electron chi connectivity index (χ3n) is 3.25. The number of carbonyl (C=O) groups is 1. The van der Waals surface area contributed by atoms with E-state index in [0.29, 0.717) is 12.5 Å². The summed E-state index contributed by atoms with van der Waals surface area (Å²) in [5.41, 5.74) is 0. The summed E-state index contributed by atoms with van der Waals surface area (Å²) < 4.78 is 10.1. The topological polar surface area (TPSA) is 64.5 Å². The van der Waals surface area contributed by atoms with Crippen molar-refractivity contribution < 1.29 is 14.3 Å². The lowest BCUT2D eigenvalue weighted by Gasteiger charge is -2.31. The molecule has 0 atom stereocenters. The van der Waals surface area contributed by atoms with E-state index in [1.54, 1.807) is 19.5 Å². The van der Waals surface area contributed by atoms with Gasteiger partial charge in [-0.15, -0.1) is 0 Å². The van der Waals surface area contributed by atoms with E-state index in [2.05, 4.69) is 14.9 Å². The number of methoxy groups -OCH3 is 1. The lowest BCUT2D eigenvalue weighted by atomic mass is 9.97. The Balaban J connectivity index is 1.94. The van der Waals surface area contributed by atoms with E-state index in [9.17, 15) is 4.79 Å². The molecule has 1 fully saturated rings. The molecule has 0 aliphatic carbocycles. The molecule has 6 heteroatoms. The van der Waals surface area contributed by atoms with Crippen LogP contribution in [-0.2, 0) is 9.53 Å². The highest BCUT2D eigenvalue weighted by molar-refractivity contribution is 5.72. The molecular formula is C13H19N3O3. The molecule has 1 aliphatic rings. The summed E-state index contributed by atoms with van der Waals surface area (Å²) in [6, 6.07) is 0. The van der Waals surface area contributed by atoms with Crippen LogP contribution in [0.1, 0.15) is 19.8 Å². The van der Waals surface area contributed by atoms with Crippen molar-refractivity contribution in [3.63, 3.8) is 0 Å². The molecule has 1 aliphatic heterocycles. The number of ether oxygens (including phenoxy) is 2. The number of nitrogens with zero attached hydrogens (tertiary/aromatic N) is 3. The first kappa shape index (κ1) is 13.6. The van der Waals surface area contributed by atoms with E-state index in [-0.39, 0.29) is 11.9 Å². The van der Waals surface area contributed by atoms with Crippen molar-refractivity contribution >= 4 is 11.8 Å². The maximum Gasteiger partial charge on any atom is 0.309 e. The minimum atomic E-state index is -0.0844. The van der Waals surface area contributed by atoms with Crippen LogP contribution in [-0.4, -0.2) is 42.7 Å². The van der Waals surface area contributed by atoms with E-state index >= 15 is 0 Å². The van der Waals surface area contributed by atoms with Crippen molar-refractivity contribution in [2.45, 2.75) is 19.8 Å². The second-order valence-electron chi connectivity index (χ2n) is 4.43. The van der Waals surface area contributed by atoms with Gasteiger partial charge in [0, 0.05) is 13.1 Å². The van der Waals surface area contributed by atoms with E-state index in [1.807, 2.05) is 6.92 Å². The van der Waals surface area contributed by atoms with E-state index < -0.39 is 0 Å². The van der Waals surface area contributed by atoms with Crippen molar-refractivity contribution in [2.75, 3.05) is 31.7 Å². The van der Waals surface area contributed by atoms with Crippen LogP contribution in [0.4, 0.5) is 5.82 Å². The lowest BCUT2D eigenvalue weighted by Crippen LogP contribution is -2.37. The summed E-state index contributed by atoms with van der Waals surface area (Å²) in [6.07, 6.45) is 4.87. The molecule has 0 bridgehead atoms. The summed E-state index contributed by atoms with van der Waals surface area (Å²) >= 11 is 0. The summed E-state index contributed by atoms with van der Waals surface area (Å²) in [5, 5.41) is 0. The zero-order chi connectivity index (χ0) is 13.7. The fraction of sp³-hybridized carbons (Fsp3) is 0.615. The first-order valence-corrected chi connectivity index (χ1v) is 6.52. The largest absolute Gasteiger partial charge is 0.480 e. The third-order valence-corrected chi connectivity index (χ3v) is 3.25. The van der Waals surface area contributed by atoms with Crippen LogP contribution in [0.2, 0.25) is 0 Å². The van der Waals surface area contributed by atoms with Gasteiger partial charge in [0.15, 0.2) is 5.82 Å². The maximum absolute atomic E-state index is 11.7. The van der Waals surface area contributed by atoms with Gasteiger partial charge in [-0.05, 0) is 19.8 Å². The number of anilines is 1. The number of hydrogen-bond donors (Lipinski definition) is 0. The van der Waals surface area contributed by atoms with Gasteiger partial charge in [-0.2, -0.15) is 4.98 Å². The second kappa shape index (κ2) is 6.36. The van der Waals surface area contributed by atoms with E-state index in [4.69, 9.17) is 9.47 Å². The maximum atomic E-state index is 11.7. The molecule has 0 unspecified atom stereocenters. The van der Waals surface area contributed by atoms with Crippen LogP contribution in [0.5, 0.6) is 5.88 Å². The summed E-state index contributed by atoms with van der Waals surface area (Å²) in [5.74, 6) is 1.22. The quantitative estimate of drug-likeness (QED) is 0.764. The van der Waals surface area contributed by atoms with E-state index in [0.717, 1.165) is 31.7 Å². The Kier molecular flexibility index (Phi) is 4.54. The Morgan fingerprint density at radius 3 is 2.79 bits per heavy atom. The highest BCUT2D eigenvalue weighted by Crippen LogP contribution is 2.23. The Bertz CT molecular complexity index is 431. The molecule has 0 aromatic carbocycles. The van der Waals surface area contributed by atoms with Gasteiger partial charge in [-0.3, -0.25) is 9.78 Å². The zero-order valence-electron chi connectivity index (χ0n) is 11.3. The third kappa shape index (κ3) is 3.33. The molecule has 0 spiro atoms. The van der Waals surface area contributed by atoms with Gasteiger partial charge < -0.3 is 14.4 Å². The van der Waals surface area contributed by atoms with E-state index in [1.165, 1.54) is 0 Å². The van der Waals surface area contributed by atoms with Crippen LogP contribution in [0.25, 0.3) is 0 Å². The molecule has 1 saturated heterocycles. The molecule has 6 nitrogen and oxygen atoms in total. The predicted molar refractivity (Wildman–Crippen MR) is 70.2 cm³/mol. The smallest absolute Gasteiger partial charge is 0.309 e. The summed E-state index contributed by atoms with van der Waals surface area (Å²) in [7, 11) is 1.57. The molecule has 0 amide bonds. The van der Waals surface area contributed by atoms with Crippen LogP contribution in [0.3, 0.4) is 0 Å². The number of aromatic nitrogens is 2. The fourth-order valence-corrected chi connectivity index (χ4v) is 2.19. The first-order chi connectivity index (χ1) is 9.24. The lowest BCUT2D eigenvalue weighted by molar-refractivity contribution is -0.148. The Hall–Kier alpha value is -1.85. The second-order valence-corrected chi connectivity index (χ2v) is 4.43. The molecule has 2 heterocycles. The molecule has 2 rings (SSSR count). The molecular weight excluding hydrogens is 246 g/mol. The van der Waals surface area contributed by atoms with Crippen LogP contribution >= 0.6 is 0 Å².